The van der Waals surface area contributed by atoms with Gasteiger partial charge in [0.25, 0.3) is 10.0 Å². The van der Waals surface area contributed by atoms with Crippen LogP contribution in [0.15, 0.2) is 11.1 Å². The maximum absolute atomic E-state index is 12.6. The summed E-state index contributed by atoms with van der Waals surface area (Å²) in [5, 5.41) is 4.10. The molecule has 22 heavy (non-hydrogen) atoms. The molecule has 9 nitrogen and oxygen atoms in total. The fourth-order valence-electron chi connectivity index (χ4n) is 2.01. The molecule has 2 rings (SSSR count). The highest BCUT2D eigenvalue weighted by atomic mass is 32.2. The normalized spacial score (nSPS) is 11.3. The summed E-state index contributed by atoms with van der Waals surface area (Å²) in [5.74, 6) is 0.0645. The monoisotopic (exact) mass is 327 g/mol. The molecular weight excluding hydrogens is 310 g/mol. The van der Waals surface area contributed by atoms with Gasteiger partial charge in [0.1, 0.15) is 10.6 Å². The zero-order valence-corrected chi connectivity index (χ0v) is 13.7. The molecule has 0 amide bonds. The summed E-state index contributed by atoms with van der Waals surface area (Å²) in [6.45, 7) is 3.31. The molecule has 0 aliphatic heterocycles. The maximum Gasteiger partial charge on any atom is 0.319 e. The van der Waals surface area contributed by atoms with Crippen molar-refractivity contribution in [3.05, 3.63) is 17.6 Å². The van der Waals surface area contributed by atoms with E-state index < -0.39 is 10.0 Å². The van der Waals surface area contributed by atoms with Crippen molar-refractivity contribution in [2.24, 2.45) is 7.05 Å². The van der Waals surface area contributed by atoms with E-state index in [0.717, 1.165) is 0 Å². The zero-order valence-electron chi connectivity index (χ0n) is 12.9. The van der Waals surface area contributed by atoms with Gasteiger partial charge in [-0.3, -0.25) is 9.40 Å². The molecule has 0 radical (unpaired) electrons. The van der Waals surface area contributed by atoms with Gasteiger partial charge in [-0.05, 0) is 13.8 Å². The van der Waals surface area contributed by atoms with Crippen LogP contribution in [0.1, 0.15) is 11.4 Å². The zero-order chi connectivity index (χ0) is 16.5. The van der Waals surface area contributed by atoms with Gasteiger partial charge in [-0.1, -0.05) is 0 Å². The van der Waals surface area contributed by atoms with Gasteiger partial charge in [0, 0.05) is 7.05 Å². The summed E-state index contributed by atoms with van der Waals surface area (Å²) in [5.41, 5.74) is 1.05. The molecule has 0 atom stereocenters. The number of aromatic nitrogens is 4. The van der Waals surface area contributed by atoms with Crippen LogP contribution in [0.2, 0.25) is 0 Å². The number of nitrogens with zero attached hydrogens (tertiary/aromatic N) is 4. The SMILES string of the molecule is COc1ncc(NS(=O)(=O)c2c(C)nn(C)c2C)c(OC)n1. The van der Waals surface area contributed by atoms with Crippen LogP contribution < -0.4 is 14.2 Å². The van der Waals surface area contributed by atoms with Crippen LogP contribution in [0.3, 0.4) is 0 Å². The first kappa shape index (κ1) is 16.0. The first-order valence-corrected chi connectivity index (χ1v) is 7.76. The third-order valence-electron chi connectivity index (χ3n) is 3.06. The van der Waals surface area contributed by atoms with E-state index in [-0.39, 0.29) is 22.5 Å². The first-order chi connectivity index (χ1) is 10.3. The van der Waals surface area contributed by atoms with Gasteiger partial charge in [0.15, 0.2) is 0 Å². The molecule has 0 saturated heterocycles. The summed E-state index contributed by atoms with van der Waals surface area (Å²) in [6.07, 6.45) is 1.28. The lowest BCUT2D eigenvalue weighted by molar-refractivity contribution is 0.353. The Kier molecular flexibility index (Phi) is 4.22. The lowest BCUT2D eigenvalue weighted by Gasteiger charge is -2.11. The Morgan fingerprint density at radius 2 is 1.91 bits per heavy atom. The van der Waals surface area contributed by atoms with Crippen molar-refractivity contribution in [1.29, 1.82) is 0 Å². The van der Waals surface area contributed by atoms with Crippen LogP contribution >= 0.6 is 0 Å². The minimum absolute atomic E-state index is 0.0645. The van der Waals surface area contributed by atoms with E-state index >= 15 is 0 Å². The smallest absolute Gasteiger partial charge is 0.319 e. The lowest BCUT2D eigenvalue weighted by Crippen LogP contribution is -2.16. The van der Waals surface area contributed by atoms with Crippen molar-refractivity contribution in [3.63, 3.8) is 0 Å². The van der Waals surface area contributed by atoms with Gasteiger partial charge >= 0.3 is 6.01 Å². The molecule has 0 aromatic carbocycles. The Labute approximate surface area is 128 Å². The number of anilines is 1. The van der Waals surface area contributed by atoms with Crippen LogP contribution in [-0.2, 0) is 17.1 Å². The molecule has 0 aliphatic carbocycles. The van der Waals surface area contributed by atoms with E-state index in [0.29, 0.717) is 11.4 Å². The number of methoxy groups -OCH3 is 2. The standard InChI is InChI=1S/C12H17N5O4S/c1-7-10(8(2)17(3)15-7)22(18,19)16-9-6-13-12(21-5)14-11(9)20-4/h6,16H,1-5H3. The summed E-state index contributed by atoms with van der Waals surface area (Å²) >= 11 is 0. The highest BCUT2D eigenvalue weighted by molar-refractivity contribution is 7.92. The molecule has 10 heteroatoms. The van der Waals surface area contributed by atoms with Crippen molar-refractivity contribution >= 4 is 15.7 Å². The first-order valence-electron chi connectivity index (χ1n) is 6.28. The Morgan fingerprint density at radius 3 is 2.41 bits per heavy atom. The molecule has 2 aromatic rings. The molecule has 0 fully saturated rings. The predicted molar refractivity (Wildman–Crippen MR) is 78.6 cm³/mol. The van der Waals surface area contributed by atoms with Crippen molar-refractivity contribution < 1.29 is 17.9 Å². The summed E-state index contributed by atoms with van der Waals surface area (Å²) < 4.78 is 39.0. The van der Waals surface area contributed by atoms with Crippen molar-refractivity contribution in [2.45, 2.75) is 18.7 Å². The second kappa shape index (κ2) is 5.79. The number of sulfonamides is 1. The van der Waals surface area contributed by atoms with Gasteiger partial charge in [-0.25, -0.2) is 13.4 Å². The Hall–Kier alpha value is -2.36. The van der Waals surface area contributed by atoms with Crippen LogP contribution in [-0.4, -0.2) is 42.4 Å². The number of aryl methyl sites for hydroxylation is 2. The fourth-order valence-corrected chi connectivity index (χ4v) is 3.50. The van der Waals surface area contributed by atoms with Gasteiger partial charge in [0.2, 0.25) is 5.88 Å². The molecule has 0 saturated carbocycles. The molecule has 2 aromatic heterocycles. The van der Waals surface area contributed by atoms with E-state index in [4.69, 9.17) is 9.47 Å². The second-order valence-electron chi connectivity index (χ2n) is 4.51. The van der Waals surface area contributed by atoms with E-state index in [1.54, 1.807) is 20.9 Å². The van der Waals surface area contributed by atoms with E-state index in [2.05, 4.69) is 19.8 Å². The van der Waals surface area contributed by atoms with Gasteiger partial charge in [-0.2, -0.15) is 10.1 Å². The molecule has 2 heterocycles. The van der Waals surface area contributed by atoms with Crippen molar-refractivity contribution in [1.82, 2.24) is 19.7 Å². The summed E-state index contributed by atoms with van der Waals surface area (Å²) in [6, 6.07) is 0.0773. The van der Waals surface area contributed by atoms with Crippen molar-refractivity contribution in [2.75, 3.05) is 18.9 Å². The van der Waals surface area contributed by atoms with Crippen molar-refractivity contribution in [3.8, 4) is 11.9 Å². The molecule has 0 unspecified atom stereocenters. The van der Waals surface area contributed by atoms with Crippen LogP contribution in [0, 0.1) is 13.8 Å². The van der Waals surface area contributed by atoms with E-state index in [9.17, 15) is 8.42 Å². The molecule has 120 valence electrons. The molecule has 1 N–H and O–H groups in total. The predicted octanol–water partition coefficient (Wildman–Crippen LogP) is 0.645. The van der Waals surface area contributed by atoms with Crippen LogP contribution in [0.4, 0.5) is 5.69 Å². The minimum Gasteiger partial charge on any atom is -0.479 e. The molecule has 0 bridgehead atoms. The maximum atomic E-state index is 12.6. The Morgan fingerprint density at radius 1 is 1.23 bits per heavy atom. The van der Waals surface area contributed by atoms with E-state index in [1.807, 2.05) is 0 Å². The minimum atomic E-state index is -3.84. The van der Waals surface area contributed by atoms with Crippen LogP contribution in [0.5, 0.6) is 11.9 Å². The highest BCUT2D eigenvalue weighted by Crippen LogP contribution is 2.27. The number of rotatable bonds is 5. The number of hydrogen-bond acceptors (Lipinski definition) is 7. The third-order valence-corrected chi connectivity index (χ3v) is 4.68. The number of hydrogen-bond donors (Lipinski definition) is 1. The quantitative estimate of drug-likeness (QED) is 0.858. The van der Waals surface area contributed by atoms with E-state index in [1.165, 1.54) is 25.1 Å². The van der Waals surface area contributed by atoms with Gasteiger partial charge in [-0.15, -0.1) is 0 Å². The topological polar surface area (TPSA) is 108 Å². The summed E-state index contributed by atoms with van der Waals surface area (Å²) in [4.78, 5) is 7.93. The lowest BCUT2D eigenvalue weighted by atomic mass is 10.4. The fraction of sp³-hybridized carbons (Fsp3) is 0.417. The Balaban J connectivity index is 2.45. The third kappa shape index (κ3) is 2.82. The summed E-state index contributed by atoms with van der Waals surface area (Å²) in [7, 11) is 0.618. The highest BCUT2D eigenvalue weighted by Gasteiger charge is 2.25. The molecule has 0 spiro atoms. The second-order valence-corrected chi connectivity index (χ2v) is 6.13. The average Bonchev–Trinajstić information content (AvgIpc) is 2.72. The van der Waals surface area contributed by atoms with Crippen LogP contribution in [0.25, 0.3) is 0 Å². The molecular formula is C12H17N5O4S. The average molecular weight is 327 g/mol. The number of ether oxygens (including phenoxy) is 2. The largest absolute Gasteiger partial charge is 0.479 e. The number of nitrogens with one attached hydrogen (secondary N) is 1. The molecule has 0 aliphatic rings. The van der Waals surface area contributed by atoms with Gasteiger partial charge < -0.3 is 9.47 Å². The Bertz CT molecular complexity index is 800. The van der Waals surface area contributed by atoms with Gasteiger partial charge in [0.05, 0.1) is 31.8 Å².